The Morgan fingerprint density at radius 2 is 2.10 bits per heavy atom. The zero-order valence-corrected chi connectivity index (χ0v) is 11.4. The normalized spacial score (nSPS) is 10.1. The molecule has 0 aliphatic carbocycles. The molecule has 0 saturated carbocycles. The Labute approximate surface area is 120 Å². The summed E-state index contributed by atoms with van der Waals surface area (Å²) >= 11 is 5.98. The molecule has 0 aliphatic rings. The van der Waals surface area contributed by atoms with Crippen LogP contribution in [0.4, 0.5) is 11.4 Å². The van der Waals surface area contributed by atoms with E-state index < -0.39 is 5.91 Å². The maximum atomic E-state index is 12.2. The van der Waals surface area contributed by atoms with Crippen molar-refractivity contribution in [3.05, 3.63) is 47.0 Å². The third-order valence-corrected chi connectivity index (χ3v) is 3.05. The number of hydrogen-bond acceptors (Lipinski definition) is 4. The molecule has 0 aliphatic heterocycles. The summed E-state index contributed by atoms with van der Waals surface area (Å²) in [6, 6.07) is 9.26. The molecule has 2 aromatic rings. The van der Waals surface area contributed by atoms with Crippen molar-refractivity contribution in [2.24, 2.45) is 0 Å². The summed E-state index contributed by atoms with van der Waals surface area (Å²) in [5.74, 6) is -0.227. The fourth-order valence-electron chi connectivity index (χ4n) is 1.68. The highest BCUT2D eigenvalue weighted by molar-refractivity contribution is 6.34. The van der Waals surface area contributed by atoms with Gasteiger partial charge in [-0.25, -0.2) is 0 Å². The smallest absolute Gasteiger partial charge is 0.259 e. The molecule has 0 bridgehead atoms. The van der Waals surface area contributed by atoms with Crippen LogP contribution in [0.5, 0.6) is 11.5 Å². The van der Waals surface area contributed by atoms with Gasteiger partial charge in [-0.3, -0.25) is 4.79 Å². The lowest BCUT2D eigenvalue weighted by molar-refractivity contribution is 0.102. The zero-order chi connectivity index (χ0) is 14.7. The topological polar surface area (TPSA) is 84.6 Å². The third-order valence-electron chi connectivity index (χ3n) is 2.73. The minimum Gasteiger partial charge on any atom is -0.507 e. The van der Waals surface area contributed by atoms with Crippen molar-refractivity contribution >= 4 is 28.9 Å². The van der Waals surface area contributed by atoms with Crippen LogP contribution >= 0.6 is 11.6 Å². The van der Waals surface area contributed by atoms with Gasteiger partial charge in [0.1, 0.15) is 11.5 Å². The fraction of sp³-hybridized carbons (Fsp3) is 0.0714. The molecule has 4 N–H and O–H groups in total. The minimum absolute atomic E-state index is 0.0728. The second kappa shape index (κ2) is 5.71. The van der Waals surface area contributed by atoms with Crippen LogP contribution in [0.25, 0.3) is 0 Å². The molecule has 0 unspecified atom stereocenters. The first-order valence-electron chi connectivity index (χ1n) is 5.75. The summed E-state index contributed by atoms with van der Waals surface area (Å²) in [5.41, 5.74) is 6.48. The molecule has 0 atom stereocenters. The van der Waals surface area contributed by atoms with E-state index in [9.17, 15) is 9.90 Å². The molecule has 5 nitrogen and oxygen atoms in total. The van der Waals surface area contributed by atoms with E-state index in [2.05, 4.69) is 5.32 Å². The van der Waals surface area contributed by atoms with E-state index >= 15 is 0 Å². The number of anilines is 2. The molecule has 1 amide bonds. The molecule has 0 fully saturated rings. The van der Waals surface area contributed by atoms with E-state index in [1.807, 2.05) is 0 Å². The van der Waals surface area contributed by atoms with E-state index in [1.165, 1.54) is 19.2 Å². The van der Waals surface area contributed by atoms with E-state index in [1.54, 1.807) is 24.3 Å². The Bertz CT molecular complexity index is 639. The average Bonchev–Trinajstić information content (AvgIpc) is 2.43. The number of halogens is 1. The fourth-order valence-corrected chi connectivity index (χ4v) is 1.91. The number of amides is 1. The summed E-state index contributed by atoms with van der Waals surface area (Å²) in [6.45, 7) is 0. The van der Waals surface area contributed by atoms with Crippen molar-refractivity contribution in [3.63, 3.8) is 0 Å². The highest BCUT2D eigenvalue weighted by atomic mass is 35.5. The number of carbonyl (C=O) groups is 1. The number of methoxy groups -OCH3 is 1. The maximum Gasteiger partial charge on any atom is 0.259 e. The van der Waals surface area contributed by atoms with Crippen molar-refractivity contribution in [2.75, 3.05) is 18.2 Å². The molecular weight excluding hydrogens is 280 g/mol. The van der Waals surface area contributed by atoms with E-state index in [-0.39, 0.29) is 11.3 Å². The van der Waals surface area contributed by atoms with E-state index in [0.29, 0.717) is 22.1 Å². The number of ether oxygens (including phenoxy) is 1. The van der Waals surface area contributed by atoms with E-state index in [0.717, 1.165) is 0 Å². The number of rotatable bonds is 3. The van der Waals surface area contributed by atoms with Gasteiger partial charge in [-0.05, 0) is 30.3 Å². The summed E-state index contributed by atoms with van der Waals surface area (Å²) in [7, 11) is 1.47. The SMILES string of the molecule is COc1ccc(O)c(C(=O)Nc2c(N)cccc2Cl)c1. The van der Waals surface area contributed by atoms with Gasteiger partial charge >= 0.3 is 0 Å². The molecule has 104 valence electrons. The second-order valence-electron chi connectivity index (χ2n) is 4.04. The van der Waals surface area contributed by atoms with Gasteiger partial charge in [0.25, 0.3) is 5.91 Å². The van der Waals surface area contributed by atoms with Crippen LogP contribution in [-0.4, -0.2) is 18.1 Å². The van der Waals surface area contributed by atoms with Crippen LogP contribution in [0.15, 0.2) is 36.4 Å². The first-order chi connectivity index (χ1) is 9.52. The summed E-state index contributed by atoms with van der Waals surface area (Å²) in [5, 5.41) is 12.6. The molecule has 6 heteroatoms. The van der Waals surface area contributed by atoms with Crippen molar-refractivity contribution in [2.45, 2.75) is 0 Å². The Morgan fingerprint density at radius 3 is 2.75 bits per heavy atom. The second-order valence-corrected chi connectivity index (χ2v) is 4.45. The summed E-state index contributed by atoms with van der Waals surface area (Å²) in [4.78, 5) is 12.2. The summed E-state index contributed by atoms with van der Waals surface area (Å²) < 4.78 is 5.02. The first-order valence-corrected chi connectivity index (χ1v) is 6.13. The number of phenolic OH excluding ortho intramolecular Hbond substituents is 1. The number of aromatic hydroxyl groups is 1. The highest BCUT2D eigenvalue weighted by Gasteiger charge is 2.15. The van der Waals surface area contributed by atoms with Gasteiger partial charge in [0.05, 0.1) is 29.1 Å². The lowest BCUT2D eigenvalue weighted by atomic mass is 10.1. The monoisotopic (exact) mass is 292 g/mol. The number of benzene rings is 2. The van der Waals surface area contributed by atoms with Crippen LogP contribution in [0, 0.1) is 0 Å². The minimum atomic E-state index is -0.527. The van der Waals surface area contributed by atoms with Gasteiger partial charge in [-0.15, -0.1) is 0 Å². The first kappa shape index (κ1) is 14.0. The molecular formula is C14H13ClN2O3. The molecule has 0 aromatic heterocycles. The number of para-hydroxylation sites is 1. The van der Waals surface area contributed by atoms with Gasteiger partial charge in [-0.1, -0.05) is 17.7 Å². The highest BCUT2D eigenvalue weighted by Crippen LogP contribution is 2.30. The Balaban J connectivity index is 2.33. The molecule has 20 heavy (non-hydrogen) atoms. The average molecular weight is 293 g/mol. The van der Waals surface area contributed by atoms with Gasteiger partial charge in [0.15, 0.2) is 0 Å². The Morgan fingerprint density at radius 1 is 1.35 bits per heavy atom. The quantitative estimate of drug-likeness (QED) is 0.759. The van der Waals surface area contributed by atoms with Crippen LogP contribution in [-0.2, 0) is 0 Å². The third kappa shape index (κ3) is 2.78. The predicted molar refractivity (Wildman–Crippen MR) is 78.5 cm³/mol. The largest absolute Gasteiger partial charge is 0.507 e. The Hall–Kier alpha value is -2.40. The van der Waals surface area contributed by atoms with Crippen molar-refractivity contribution in [1.82, 2.24) is 0 Å². The van der Waals surface area contributed by atoms with Gasteiger partial charge < -0.3 is 20.9 Å². The molecule has 0 radical (unpaired) electrons. The molecule has 0 spiro atoms. The summed E-state index contributed by atoms with van der Waals surface area (Å²) in [6.07, 6.45) is 0. The standard InChI is InChI=1S/C14H13ClN2O3/c1-20-8-5-6-12(18)9(7-8)14(19)17-13-10(15)3-2-4-11(13)16/h2-7,18H,16H2,1H3,(H,17,19). The van der Waals surface area contributed by atoms with Crippen LogP contribution < -0.4 is 15.8 Å². The van der Waals surface area contributed by atoms with Crippen molar-refractivity contribution in [3.8, 4) is 11.5 Å². The van der Waals surface area contributed by atoms with Crippen molar-refractivity contribution in [1.29, 1.82) is 0 Å². The molecule has 2 aromatic carbocycles. The number of carbonyl (C=O) groups excluding carboxylic acids is 1. The number of hydrogen-bond donors (Lipinski definition) is 3. The molecule has 0 heterocycles. The Kier molecular flexibility index (Phi) is 4.00. The maximum absolute atomic E-state index is 12.2. The van der Waals surface area contributed by atoms with Gasteiger partial charge in [0, 0.05) is 0 Å². The number of nitrogens with two attached hydrogens (primary N) is 1. The lowest BCUT2D eigenvalue weighted by Gasteiger charge is -2.11. The van der Waals surface area contributed by atoms with Crippen LogP contribution in [0.2, 0.25) is 5.02 Å². The predicted octanol–water partition coefficient (Wildman–Crippen LogP) is 2.89. The van der Waals surface area contributed by atoms with Crippen LogP contribution in [0.3, 0.4) is 0 Å². The lowest BCUT2D eigenvalue weighted by Crippen LogP contribution is -2.14. The van der Waals surface area contributed by atoms with Crippen LogP contribution in [0.1, 0.15) is 10.4 Å². The number of nitrogen functional groups attached to an aromatic ring is 1. The molecule has 0 saturated heterocycles. The number of nitrogens with one attached hydrogen (secondary N) is 1. The van der Waals surface area contributed by atoms with Crippen molar-refractivity contribution < 1.29 is 14.6 Å². The number of phenols is 1. The molecule has 2 rings (SSSR count). The van der Waals surface area contributed by atoms with Gasteiger partial charge in [-0.2, -0.15) is 0 Å². The van der Waals surface area contributed by atoms with Gasteiger partial charge in [0.2, 0.25) is 0 Å². The zero-order valence-electron chi connectivity index (χ0n) is 10.7. The van der Waals surface area contributed by atoms with E-state index in [4.69, 9.17) is 22.1 Å².